The van der Waals surface area contributed by atoms with E-state index in [1.807, 2.05) is 7.05 Å². The van der Waals surface area contributed by atoms with Gasteiger partial charge in [0, 0.05) is 36.1 Å². The normalized spacial score (nSPS) is 12.3. The van der Waals surface area contributed by atoms with Crippen LogP contribution >= 0.6 is 11.6 Å². The predicted octanol–water partition coefficient (Wildman–Crippen LogP) is 4.27. The number of nitrogens with one attached hydrogen (secondary N) is 1. The molecule has 0 aliphatic carbocycles. The molecule has 3 rings (SSSR count). The summed E-state index contributed by atoms with van der Waals surface area (Å²) in [7, 11) is 1.81. The van der Waals surface area contributed by atoms with Crippen molar-refractivity contribution in [3.63, 3.8) is 0 Å². The van der Waals surface area contributed by atoms with Gasteiger partial charge in [-0.3, -0.25) is 4.79 Å². The first-order chi connectivity index (χ1) is 13.0. The molecule has 138 valence electrons. The minimum absolute atomic E-state index is 0.271. The molecule has 0 spiro atoms. The summed E-state index contributed by atoms with van der Waals surface area (Å²) in [6.45, 7) is 0. The molecule has 7 heteroatoms. The molecule has 1 aromatic heterocycles. The maximum absolute atomic E-state index is 13.7. The van der Waals surface area contributed by atoms with Crippen LogP contribution in [0.25, 0.3) is 6.08 Å². The maximum Gasteiger partial charge on any atom is 0.244 e. The van der Waals surface area contributed by atoms with Gasteiger partial charge in [0.15, 0.2) is 0 Å². The van der Waals surface area contributed by atoms with Crippen LogP contribution in [0.1, 0.15) is 23.0 Å². The SMILES string of the molecule is Cn1ccnc1[C@H](NC(=O)/C=C/c1c(F)cccc1F)c1ccc(Cl)cc1. The first-order valence-corrected chi connectivity index (χ1v) is 8.49. The van der Waals surface area contributed by atoms with Crippen LogP contribution in [-0.2, 0) is 11.8 Å². The molecular formula is C20H16ClF2N3O. The number of aromatic nitrogens is 2. The van der Waals surface area contributed by atoms with Crippen LogP contribution in [0.5, 0.6) is 0 Å². The number of aryl methyl sites for hydroxylation is 1. The van der Waals surface area contributed by atoms with Crippen molar-refractivity contribution in [1.82, 2.24) is 14.9 Å². The Bertz CT molecular complexity index is 963. The maximum atomic E-state index is 13.7. The van der Waals surface area contributed by atoms with Crippen molar-refractivity contribution in [2.45, 2.75) is 6.04 Å². The Labute approximate surface area is 160 Å². The summed E-state index contributed by atoms with van der Waals surface area (Å²) < 4.78 is 29.2. The predicted molar refractivity (Wildman–Crippen MR) is 100 cm³/mol. The molecule has 0 unspecified atom stereocenters. The van der Waals surface area contributed by atoms with Gasteiger partial charge >= 0.3 is 0 Å². The lowest BCUT2D eigenvalue weighted by Crippen LogP contribution is -2.29. The fraction of sp³-hybridized carbons (Fsp3) is 0.100. The zero-order chi connectivity index (χ0) is 19.4. The molecule has 0 fully saturated rings. The Morgan fingerprint density at radius 1 is 1.19 bits per heavy atom. The van der Waals surface area contributed by atoms with Crippen molar-refractivity contribution in [2.75, 3.05) is 0 Å². The molecule has 3 aromatic rings. The summed E-state index contributed by atoms with van der Waals surface area (Å²) in [5.41, 5.74) is 0.500. The number of benzene rings is 2. The lowest BCUT2D eigenvalue weighted by Gasteiger charge is -2.18. The molecule has 27 heavy (non-hydrogen) atoms. The third-order valence-electron chi connectivity index (χ3n) is 4.01. The van der Waals surface area contributed by atoms with Crippen LogP contribution in [0.4, 0.5) is 8.78 Å². The molecule has 0 aliphatic rings. The van der Waals surface area contributed by atoms with Crippen molar-refractivity contribution in [3.8, 4) is 0 Å². The van der Waals surface area contributed by atoms with Gasteiger partial charge < -0.3 is 9.88 Å². The number of nitrogens with zero attached hydrogens (tertiary/aromatic N) is 2. The Morgan fingerprint density at radius 2 is 1.85 bits per heavy atom. The molecule has 1 atom stereocenters. The van der Waals surface area contributed by atoms with Gasteiger partial charge in [0.25, 0.3) is 0 Å². The fourth-order valence-electron chi connectivity index (χ4n) is 2.63. The highest BCUT2D eigenvalue weighted by Crippen LogP contribution is 2.22. The van der Waals surface area contributed by atoms with Gasteiger partial charge in [-0.05, 0) is 35.9 Å². The van der Waals surface area contributed by atoms with Gasteiger partial charge in [0.05, 0.1) is 0 Å². The highest BCUT2D eigenvalue weighted by Gasteiger charge is 2.20. The highest BCUT2D eigenvalue weighted by molar-refractivity contribution is 6.30. The number of hydrogen-bond donors (Lipinski definition) is 1. The van der Waals surface area contributed by atoms with Crippen LogP contribution in [0, 0.1) is 11.6 Å². The Morgan fingerprint density at radius 3 is 2.44 bits per heavy atom. The van der Waals surface area contributed by atoms with E-state index < -0.39 is 23.6 Å². The molecule has 0 saturated heterocycles. The summed E-state index contributed by atoms with van der Waals surface area (Å²) in [4.78, 5) is 16.7. The molecule has 1 amide bonds. The lowest BCUT2D eigenvalue weighted by atomic mass is 10.1. The second kappa shape index (κ2) is 8.14. The standard InChI is InChI=1S/C20H16ClF2N3O/c1-26-12-11-24-20(26)19(13-5-7-14(21)8-6-13)25-18(27)10-9-15-16(22)3-2-4-17(15)23/h2-12,19H,1H3,(H,25,27)/b10-9+/t19-/m1/s1. The molecule has 1 heterocycles. The van der Waals surface area contributed by atoms with Crippen LogP contribution in [0.3, 0.4) is 0 Å². The Hall–Kier alpha value is -2.99. The van der Waals surface area contributed by atoms with Gasteiger partial charge in [-0.2, -0.15) is 0 Å². The minimum Gasteiger partial charge on any atom is -0.339 e. The molecule has 2 aromatic carbocycles. The van der Waals surface area contributed by atoms with Crippen molar-refractivity contribution >= 4 is 23.6 Å². The number of amides is 1. The molecule has 0 bridgehead atoms. The lowest BCUT2D eigenvalue weighted by molar-refractivity contribution is -0.117. The van der Waals surface area contributed by atoms with Crippen LogP contribution in [-0.4, -0.2) is 15.5 Å². The first-order valence-electron chi connectivity index (χ1n) is 8.11. The molecular weight excluding hydrogens is 372 g/mol. The van der Waals surface area contributed by atoms with Crippen LogP contribution in [0.15, 0.2) is 60.9 Å². The van der Waals surface area contributed by atoms with Gasteiger partial charge in [0.2, 0.25) is 5.91 Å². The third-order valence-corrected chi connectivity index (χ3v) is 4.26. The van der Waals surface area contributed by atoms with Gasteiger partial charge in [-0.25, -0.2) is 13.8 Å². The molecule has 0 radical (unpaired) electrons. The molecule has 0 aliphatic heterocycles. The third kappa shape index (κ3) is 4.41. The number of carbonyl (C=O) groups is 1. The summed E-state index contributed by atoms with van der Waals surface area (Å²) in [6, 6.07) is 9.96. The van der Waals surface area contributed by atoms with Gasteiger partial charge in [-0.15, -0.1) is 0 Å². The van der Waals surface area contributed by atoms with E-state index in [0.717, 1.165) is 29.8 Å². The number of hydrogen-bond acceptors (Lipinski definition) is 2. The smallest absolute Gasteiger partial charge is 0.244 e. The minimum atomic E-state index is -0.739. The average Bonchev–Trinajstić information content (AvgIpc) is 3.06. The van der Waals surface area contributed by atoms with E-state index in [4.69, 9.17) is 11.6 Å². The molecule has 4 nitrogen and oxygen atoms in total. The second-order valence-electron chi connectivity index (χ2n) is 5.86. The largest absolute Gasteiger partial charge is 0.339 e. The van der Waals surface area contributed by atoms with E-state index in [-0.39, 0.29) is 5.56 Å². The monoisotopic (exact) mass is 387 g/mol. The second-order valence-corrected chi connectivity index (χ2v) is 6.29. The zero-order valence-corrected chi connectivity index (χ0v) is 15.1. The number of imidazole rings is 1. The fourth-order valence-corrected chi connectivity index (χ4v) is 2.75. The van der Waals surface area contributed by atoms with Crippen molar-refractivity contribution < 1.29 is 13.6 Å². The zero-order valence-electron chi connectivity index (χ0n) is 14.4. The first kappa shape index (κ1) is 18.8. The number of carbonyl (C=O) groups excluding carboxylic acids is 1. The Balaban J connectivity index is 1.86. The van der Waals surface area contributed by atoms with Gasteiger partial charge in [-0.1, -0.05) is 29.8 Å². The number of rotatable bonds is 5. The van der Waals surface area contributed by atoms with E-state index in [1.54, 1.807) is 41.2 Å². The number of halogens is 3. The van der Waals surface area contributed by atoms with Crippen molar-refractivity contribution in [3.05, 3.63) is 94.5 Å². The van der Waals surface area contributed by atoms with E-state index in [0.29, 0.717) is 10.8 Å². The van der Waals surface area contributed by atoms with E-state index in [9.17, 15) is 13.6 Å². The van der Waals surface area contributed by atoms with Crippen molar-refractivity contribution in [2.24, 2.45) is 7.05 Å². The topological polar surface area (TPSA) is 46.9 Å². The van der Waals surface area contributed by atoms with E-state index in [2.05, 4.69) is 10.3 Å². The van der Waals surface area contributed by atoms with Crippen LogP contribution < -0.4 is 5.32 Å². The summed E-state index contributed by atoms with van der Waals surface area (Å²) in [5, 5.41) is 3.38. The van der Waals surface area contributed by atoms with E-state index in [1.165, 1.54) is 6.07 Å². The molecule has 0 saturated carbocycles. The average molecular weight is 388 g/mol. The van der Waals surface area contributed by atoms with Crippen molar-refractivity contribution in [1.29, 1.82) is 0 Å². The van der Waals surface area contributed by atoms with E-state index >= 15 is 0 Å². The summed E-state index contributed by atoms with van der Waals surface area (Å²) >= 11 is 5.94. The van der Waals surface area contributed by atoms with Gasteiger partial charge in [0.1, 0.15) is 23.5 Å². The Kier molecular flexibility index (Phi) is 5.66. The van der Waals surface area contributed by atoms with Crippen LogP contribution in [0.2, 0.25) is 5.02 Å². The summed E-state index contributed by atoms with van der Waals surface area (Å²) in [6.07, 6.45) is 5.58. The summed E-state index contributed by atoms with van der Waals surface area (Å²) in [5.74, 6) is -1.38. The molecule has 1 N–H and O–H groups in total. The highest BCUT2D eigenvalue weighted by atomic mass is 35.5. The quantitative estimate of drug-likeness (QED) is 0.664.